The van der Waals surface area contributed by atoms with Gasteiger partial charge in [0.1, 0.15) is 5.82 Å². The number of anilines is 1. The fourth-order valence-corrected chi connectivity index (χ4v) is 5.24. The van der Waals surface area contributed by atoms with Crippen molar-refractivity contribution in [3.05, 3.63) is 18.2 Å². The lowest BCUT2D eigenvalue weighted by atomic mass is 10.1. The summed E-state index contributed by atoms with van der Waals surface area (Å²) >= 11 is 0. The van der Waals surface area contributed by atoms with Gasteiger partial charge in [0.25, 0.3) is 0 Å². The van der Waals surface area contributed by atoms with Gasteiger partial charge in [-0.15, -0.1) is 10.2 Å². The fourth-order valence-electron chi connectivity index (χ4n) is 3.50. The predicted molar refractivity (Wildman–Crippen MR) is 99.6 cm³/mol. The summed E-state index contributed by atoms with van der Waals surface area (Å²) in [6.07, 6.45) is 8.53. The lowest BCUT2D eigenvalue weighted by Crippen LogP contribution is -2.31. The van der Waals surface area contributed by atoms with E-state index in [1.165, 1.54) is 12.8 Å². The summed E-state index contributed by atoms with van der Waals surface area (Å²) < 4.78 is 28.3. The SMILES string of the molecule is CCCCS(=O)(=O)N1CCC(CNc2nccn3c(C4CC4)nnc23)C1. The van der Waals surface area contributed by atoms with Crippen LogP contribution in [0.15, 0.2) is 12.4 Å². The molecule has 1 saturated carbocycles. The van der Waals surface area contributed by atoms with Gasteiger partial charge in [-0.05, 0) is 31.6 Å². The van der Waals surface area contributed by atoms with Crippen LogP contribution in [0.4, 0.5) is 5.82 Å². The molecule has 0 aromatic carbocycles. The molecule has 9 heteroatoms. The van der Waals surface area contributed by atoms with E-state index in [0.29, 0.717) is 31.5 Å². The van der Waals surface area contributed by atoms with Gasteiger partial charge in [0.15, 0.2) is 5.82 Å². The van der Waals surface area contributed by atoms with E-state index >= 15 is 0 Å². The van der Waals surface area contributed by atoms with E-state index in [4.69, 9.17) is 0 Å². The van der Waals surface area contributed by atoms with Crippen molar-refractivity contribution in [3.63, 3.8) is 0 Å². The highest BCUT2D eigenvalue weighted by Gasteiger charge is 2.31. The molecule has 1 atom stereocenters. The van der Waals surface area contributed by atoms with Crippen LogP contribution in [0, 0.1) is 5.92 Å². The molecule has 1 aliphatic carbocycles. The standard InChI is InChI=1S/C17H26N6O2S/c1-2-3-10-26(24,25)22-8-6-13(12-22)11-19-15-17-21-20-16(14-4-5-14)23(17)9-7-18-15/h7,9,13-14H,2-6,8,10-12H2,1H3,(H,18,19). The highest BCUT2D eigenvalue weighted by Crippen LogP contribution is 2.39. The third-order valence-electron chi connectivity index (χ3n) is 5.25. The summed E-state index contributed by atoms with van der Waals surface area (Å²) in [6.45, 7) is 3.91. The molecule has 2 aromatic rings. The first-order chi connectivity index (χ1) is 12.6. The summed E-state index contributed by atoms with van der Waals surface area (Å²) in [7, 11) is -3.11. The van der Waals surface area contributed by atoms with Crippen LogP contribution in [0.5, 0.6) is 0 Å². The number of unbranched alkanes of at least 4 members (excludes halogenated alkanes) is 1. The molecule has 2 aromatic heterocycles. The summed E-state index contributed by atoms with van der Waals surface area (Å²) in [6, 6.07) is 0. The number of fused-ring (bicyclic) bond motifs is 1. The summed E-state index contributed by atoms with van der Waals surface area (Å²) in [5.74, 6) is 2.81. The van der Waals surface area contributed by atoms with E-state index < -0.39 is 10.0 Å². The monoisotopic (exact) mass is 378 g/mol. The molecule has 0 spiro atoms. The Morgan fingerprint density at radius 2 is 2.12 bits per heavy atom. The topological polar surface area (TPSA) is 92.5 Å². The Labute approximate surface area is 154 Å². The van der Waals surface area contributed by atoms with Crippen molar-refractivity contribution < 1.29 is 8.42 Å². The first kappa shape index (κ1) is 17.7. The van der Waals surface area contributed by atoms with Gasteiger partial charge in [-0.25, -0.2) is 17.7 Å². The van der Waals surface area contributed by atoms with Crippen molar-refractivity contribution in [1.82, 2.24) is 23.9 Å². The minimum absolute atomic E-state index is 0.258. The maximum atomic E-state index is 12.3. The zero-order valence-electron chi connectivity index (χ0n) is 15.1. The molecular weight excluding hydrogens is 352 g/mol. The van der Waals surface area contributed by atoms with Crippen LogP contribution in [0.1, 0.15) is 50.8 Å². The Balaban J connectivity index is 1.39. The summed E-state index contributed by atoms with van der Waals surface area (Å²) in [5.41, 5.74) is 0.750. The second-order valence-electron chi connectivity index (χ2n) is 7.37. The van der Waals surface area contributed by atoms with Crippen molar-refractivity contribution in [2.45, 2.75) is 44.9 Å². The number of nitrogens with one attached hydrogen (secondary N) is 1. The summed E-state index contributed by atoms with van der Waals surface area (Å²) in [4.78, 5) is 4.40. The normalized spacial score (nSPS) is 21.5. The maximum Gasteiger partial charge on any atom is 0.214 e. The predicted octanol–water partition coefficient (Wildman–Crippen LogP) is 1.87. The van der Waals surface area contributed by atoms with E-state index in [1.54, 1.807) is 10.5 Å². The second-order valence-corrected chi connectivity index (χ2v) is 9.45. The Morgan fingerprint density at radius 1 is 1.27 bits per heavy atom. The third-order valence-corrected chi connectivity index (χ3v) is 7.17. The van der Waals surface area contributed by atoms with Crippen LogP contribution >= 0.6 is 0 Å². The van der Waals surface area contributed by atoms with Gasteiger partial charge in [0.05, 0.1) is 5.75 Å². The minimum atomic E-state index is -3.11. The first-order valence-corrected chi connectivity index (χ1v) is 11.1. The zero-order valence-corrected chi connectivity index (χ0v) is 16.0. The van der Waals surface area contributed by atoms with Crippen molar-refractivity contribution in [1.29, 1.82) is 0 Å². The molecule has 1 aliphatic heterocycles. The molecule has 2 aliphatic rings. The minimum Gasteiger partial charge on any atom is -0.367 e. The van der Waals surface area contributed by atoms with E-state index in [-0.39, 0.29) is 5.75 Å². The third kappa shape index (κ3) is 3.55. The lowest BCUT2D eigenvalue weighted by Gasteiger charge is -2.16. The molecule has 142 valence electrons. The lowest BCUT2D eigenvalue weighted by molar-refractivity contribution is 0.460. The van der Waals surface area contributed by atoms with Gasteiger partial charge in [0.2, 0.25) is 15.7 Å². The highest BCUT2D eigenvalue weighted by atomic mass is 32.2. The molecule has 0 amide bonds. The van der Waals surface area contributed by atoms with Crippen molar-refractivity contribution in [2.75, 3.05) is 30.7 Å². The van der Waals surface area contributed by atoms with E-state index in [1.807, 2.05) is 17.5 Å². The Morgan fingerprint density at radius 3 is 2.88 bits per heavy atom. The smallest absolute Gasteiger partial charge is 0.214 e. The molecular formula is C17H26N6O2S. The van der Waals surface area contributed by atoms with Gasteiger partial charge in [0, 0.05) is 37.9 Å². The molecule has 4 rings (SSSR count). The number of rotatable bonds is 8. The van der Waals surface area contributed by atoms with Gasteiger partial charge < -0.3 is 5.32 Å². The maximum absolute atomic E-state index is 12.3. The molecule has 1 saturated heterocycles. The molecule has 1 N–H and O–H groups in total. The molecule has 26 heavy (non-hydrogen) atoms. The fraction of sp³-hybridized carbons (Fsp3) is 0.706. The molecule has 0 bridgehead atoms. The van der Waals surface area contributed by atoms with Crippen LogP contribution in [0.3, 0.4) is 0 Å². The highest BCUT2D eigenvalue weighted by molar-refractivity contribution is 7.89. The molecule has 8 nitrogen and oxygen atoms in total. The van der Waals surface area contributed by atoms with Crippen LogP contribution in [-0.2, 0) is 10.0 Å². The van der Waals surface area contributed by atoms with E-state index in [0.717, 1.165) is 36.6 Å². The first-order valence-electron chi connectivity index (χ1n) is 9.50. The Bertz CT molecular complexity index is 877. The van der Waals surface area contributed by atoms with Gasteiger partial charge >= 0.3 is 0 Å². The van der Waals surface area contributed by atoms with Gasteiger partial charge in [-0.2, -0.15) is 0 Å². The number of hydrogen-bond donors (Lipinski definition) is 1. The Hall–Kier alpha value is -1.74. The molecule has 1 unspecified atom stereocenters. The average Bonchev–Trinajstić information content (AvgIpc) is 3.19. The Kier molecular flexibility index (Phi) is 4.83. The van der Waals surface area contributed by atoms with Crippen molar-refractivity contribution in [2.24, 2.45) is 5.92 Å². The quantitative estimate of drug-likeness (QED) is 0.754. The molecule has 0 radical (unpaired) electrons. The second kappa shape index (κ2) is 7.11. The molecule has 2 fully saturated rings. The van der Waals surface area contributed by atoms with Crippen LogP contribution in [0.2, 0.25) is 0 Å². The van der Waals surface area contributed by atoms with E-state index in [2.05, 4.69) is 20.5 Å². The van der Waals surface area contributed by atoms with Crippen molar-refractivity contribution >= 4 is 21.5 Å². The van der Waals surface area contributed by atoms with Crippen LogP contribution < -0.4 is 5.32 Å². The number of aromatic nitrogens is 4. The van der Waals surface area contributed by atoms with Gasteiger partial charge in [-0.1, -0.05) is 13.3 Å². The number of sulfonamides is 1. The zero-order chi connectivity index (χ0) is 18.1. The largest absolute Gasteiger partial charge is 0.367 e. The van der Waals surface area contributed by atoms with E-state index in [9.17, 15) is 8.42 Å². The van der Waals surface area contributed by atoms with Gasteiger partial charge in [-0.3, -0.25) is 4.40 Å². The van der Waals surface area contributed by atoms with Crippen LogP contribution in [0.25, 0.3) is 5.65 Å². The number of nitrogens with zero attached hydrogens (tertiary/aromatic N) is 5. The molecule has 3 heterocycles. The van der Waals surface area contributed by atoms with Crippen LogP contribution in [-0.4, -0.2) is 57.7 Å². The average molecular weight is 379 g/mol. The van der Waals surface area contributed by atoms with Crippen molar-refractivity contribution in [3.8, 4) is 0 Å². The number of hydrogen-bond acceptors (Lipinski definition) is 6. The summed E-state index contributed by atoms with van der Waals surface area (Å²) in [5, 5.41) is 12.0.